The third kappa shape index (κ3) is 3.43. The minimum Gasteiger partial charge on any atom is -0.507 e. The molecular weight excluding hydrogens is 310 g/mol. The lowest BCUT2D eigenvalue weighted by molar-refractivity contribution is 0.477. The molecule has 25 heavy (non-hydrogen) atoms. The Kier molecular flexibility index (Phi) is 5.17. The fourth-order valence-corrected chi connectivity index (χ4v) is 3.13. The van der Waals surface area contributed by atoms with E-state index in [2.05, 4.69) is 30.4 Å². The zero-order chi connectivity index (χ0) is 17.8. The predicted molar refractivity (Wildman–Crippen MR) is 102 cm³/mol. The van der Waals surface area contributed by atoms with Gasteiger partial charge in [-0.1, -0.05) is 31.5 Å². The molecule has 0 spiro atoms. The Morgan fingerprint density at radius 1 is 1.08 bits per heavy atom. The molecular formula is C21H25N3O. The van der Waals surface area contributed by atoms with Crippen molar-refractivity contribution in [2.24, 2.45) is 0 Å². The molecule has 2 aromatic heterocycles. The maximum absolute atomic E-state index is 10.5. The summed E-state index contributed by atoms with van der Waals surface area (Å²) in [6, 6.07) is 11.7. The number of hydrogen-bond donors (Lipinski definition) is 1. The van der Waals surface area contributed by atoms with Gasteiger partial charge in [0.1, 0.15) is 5.75 Å². The van der Waals surface area contributed by atoms with Gasteiger partial charge < -0.3 is 5.11 Å². The van der Waals surface area contributed by atoms with Gasteiger partial charge in [-0.05, 0) is 44.9 Å². The number of nitrogens with zero attached hydrogens (tertiary/aromatic N) is 3. The van der Waals surface area contributed by atoms with Crippen molar-refractivity contribution in [1.29, 1.82) is 0 Å². The van der Waals surface area contributed by atoms with Crippen LogP contribution in [0.1, 0.15) is 45.3 Å². The van der Waals surface area contributed by atoms with Crippen LogP contribution in [0.5, 0.6) is 5.75 Å². The summed E-state index contributed by atoms with van der Waals surface area (Å²) in [5, 5.41) is 15.4. The summed E-state index contributed by atoms with van der Waals surface area (Å²) < 4.78 is 2.07. The van der Waals surface area contributed by atoms with Gasteiger partial charge in [0, 0.05) is 35.1 Å². The summed E-state index contributed by atoms with van der Waals surface area (Å²) in [6.07, 6.45) is 6.68. The summed E-state index contributed by atoms with van der Waals surface area (Å²) in [6.45, 7) is 6.45. The summed E-state index contributed by atoms with van der Waals surface area (Å²) >= 11 is 0. The number of aromatic nitrogens is 3. The number of benzene rings is 1. The number of phenols is 1. The molecule has 0 saturated carbocycles. The highest BCUT2D eigenvalue weighted by atomic mass is 16.3. The SMILES string of the molecule is CCCCc1nn(C(C)C)c(-c2ccncc2)c1-c1ccccc1O. The zero-order valence-corrected chi connectivity index (χ0v) is 15.1. The third-order valence-electron chi connectivity index (χ3n) is 4.37. The molecule has 0 atom stereocenters. The summed E-state index contributed by atoms with van der Waals surface area (Å²) in [4.78, 5) is 4.14. The van der Waals surface area contributed by atoms with Crippen LogP contribution in [-0.2, 0) is 6.42 Å². The standard InChI is InChI=1S/C21H25N3O/c1-4-5-9-18-20(17-8-6-7-10-19(17)25)21(24(23-18)15(2)3)16-11-13-22-14-12-16/h6-8,10-15,25H,4-5,9H2,1-3H3. The normalized spacial score (nSPS) is 11.2. The van der Waals surface area contributed by atoms with E-state index >= 15 is 0 Å². The maximum atomic E-state index is 10.5. The van der Waals surface area contributed by atoms with Crippen LogP contribution in [0.4, 0.5) is 0 Å². The van der Waals surface area contributed by atoms with Gasteiger partial charge in [0.15, 0.2) is 0 Å². The van der Waals surface area contributed by atoms with E-state index in [-0.39, 0.29) is 6.04 Å². The van der Waals surface area contributed by atoms with Gasteiger partial charge in [0.2, 0.25) is 0 Å². The van der Waals surface area contributed by atoms with Crippen LogP contribution < -0.4 is 0 Å². The number of para-hydroxylation sites is 1. The second kappa shape index (κ2) is 7.51. The molecule has 3 aromatic rings. The van der Waals surface area contributed by atoms with Gasteiger partial charge in [0.25, 0.3) is 0 Å². The van der Waals surface area contributed by atoms with Crippen molar-refractivity contribution < 1.29 is 5.11 Å². The molecule has 3 rings (SSSR count). The first kappa shape index (κ1) is 17.2. The highest BCUT2D eigenvalue weighted by molar-refractivity contribution is 5.85. The molecule has 0 unspecified atom stereocenters. The molecule has 0 aliphatic heterocycles. The Balaban J connectivity index is 2.30. The number of pyridine rings is 1. The minimum absolute atomic E-state index is 0.225. The topological polar surface area (TPSA) is 50.9 Å². The third-order valence-corrected chi connectivity index (χ3v) is 4.37. The van der Waals surface area contributed by atoms with E-state index in [0.717, 1.165) is 47.3 Å². The molecule has 4 heteroatoms. The summed E-state index contributed by atoms with van der Waals surface area (Å²) in [5.41, 5.74) is 5.03. The van der Waals surface area contributed by atoms with Crippen molar-refractivity contribution in [1.82, 2.24) is 14.8 Å². The first-order valence-electron chi connectivity index (χ1n) is 8.93. The Labute approximate surface area is 149 Å². The van der Waals surface area contributed by atoms with Gasteiger partial charge in [-0.15, -0.1) is 0 Å². The van der Waals surface area contributed by atoms with Crippen LogP contribution >= 0.6 is 0 Å². The Morgan fingerprint density at radius 3 is 2.44 bits per heavy atom. The predicted octanol–water partition coefficient (Wildman–Crippen LogP) is 5.24. The van der Waals surface area contributed by atoms with Crippen LogP contribution in [-0.4, -0.2) is 19.9 Å². The molecule has 0 bridgehead atoms. The highest BCUT2D eigenvalue weighted by Gasteiger charge is 2.23. The van der Waals surface area contributed by atoms with Crippen LogP contribution in [0.2, 0.25) is 0 Å². The lowest BCUT2D eigenvalue weighted by Crippen LogP contribution is -2.05. The number of phenolic OH excluding ortho intramolecular Hbond substituents is 1. The molecule has 1 N–H and O–H groups in total. The van der Waals surface area contributed by atoms with Crippen LogP contribution in [0.3, 0.4) is 0 Å². The Bertz CT molecular complexity index is 838. The second-order valence-electron chi connectivity index (χ2n) is 6.57. The fourth-order valence-electron chi connectivity index (χ4n) is 3.13. The van der Waals surface area contributed by atoms with Gasteiger partial charge in [-0.2, -0.15) is 5.10 Å². The molecule has 0 aliphatic carbocycles. The summed E-state index contributed by atoms with van der Waals surface area (Å²) in [7, 11) is 0. The van der Waals surface area contributed by atoms with Crippen LogP contribution in [0.15, 0.2) is 48.8 Å². The lowest BCUT2D eigenvalue weighted by Gasteiger charge is -2.13. The van der Waals surface area contributed by atoms with E-state index in [0.29, 0.717) is 5.75 Å². The van der Waals surface area contributed by atoms with Crippen LogP contribution in [0.25, 0.3) is 22.4 Å². The lowest BCUT2D eigenvalue weighted by atomic mass is 9.96. The van der Waals surface area contributed by atoms with E-state index in [9.17, 15) is 5.11 Å². The molecule has 0 aliphatic rings. The molecule has 1 aromatic carbocycles. The molecule has 130 valence electrons. The first-order valence-corrected chi connectivity index (χ1v) is 8.93. The number of aromatic hydroxyl groups is 1. The van der Waals surface area contributed by atoms with Crippen molar-refractivity contribution in [2.75, 3.05) is 0 Å². The number of hydrogen-bond acceptors (Lipinski definition) is 3. The molecule has 4 nitrogen and oxygen atoms in total. The van der Waals surface area contributed by atoms with Crippen molar-refractivity contribution in [3.63, 3.8) is 0 Å². The van der Waals surface area contributed by atoms with Crippen molar-refractivity contribution in [3.05, 3.63) is 54.5 Å². The quantitative estimate of drug-likeness (QED) is 0.670. The number of aryl methyl sites for hydroxylation is 1. The second-order valence-corrected chi connectivity index (χ2v) is 6.57. The molecule has 2 heterocycles. The Hall–Kier alpha value is -2.62. The van der Waals surface area contributed by atoms with Gasteiger partial charge >= 0.3 is 0 Å². The summed E-state index contributed by atoms with van der Waals surface area (Å²) in [5.74, 6) is 0.291. The minimum atomic E-state index is 0.225. The largest absolute Gasteiger partial charge is 0.507 e. The number of rotatable bonds is 6. The van der Waals surface area contributed by atoms with E-state index < -0.39 is 0 Å². The molecule has 0 amide bonds. The maximum Gasteiger partial charge on any atom is 0.123 e. The average Bonchev–Trinajstić information content (AvgIpc) is 3.00. The number of unbranched alkanes of at least 4 members (excludes halogenated alkanes) is 1. The molecule has 0 saturated heterocycles. The zero-order valence-electron chi connectivity index (χ0n) is 15.1. The van der Waals surface area contributed by atoms with Crippen molar-refractivity contribution in [3.8, 4) is 28.1 Å². The van der Waals surface area contributed by atoms with E-state index in [4.69, 9.17) is 5.10 Å². The monoisotopic (exact) mass is 335 g/mol. The average molecular weight is 335 g/mol. The smallest absolute Gasteiger partial charge is 0.123 e. The van der Waals surface area contributed by atoms with Gasteiger partial charge in [-0.25, -0.2) is 0 Å². The molecule has 0 fully saturated rings. The van der Waals surface area contributed by atoms with Crippen LogP contribution in [0, 0.1) is 0 Å². The van der Waals surface area contributed by atoms with Crippen molar-refractivity contribution in [2.45, 2.75) is 46.1 Å². The molecule has 0 radical (unpaired) electrons. The van der Waals surface area contributed by atoms with Crippen molar-refractivity contribution >= 4 is 0 Å². The van der Waals surface area contributed by atoms with Gasteiger partial charge in [-0.3, -0.25) is 9.67 Å². The first-order chi connectivity index (χ1) is 12.1. The van der Waals surface area contributed by atoms with E-state index in [1.165, 1.54) is 0 Å². The Morgan fingerprint density at radius 2 is 1.80 bits per heavy atom. The van der Waals surface area contributed by atoms with Gasteiger partial charge in [0.05, 0.1) is 11.4 Å². The van der Waals surface area contributed by atoms with E-state index in [1.54, 1.807) is 18.5 Å². The van der Waals surface area contributed by atoms with E-state index in [1.807, 2.05) is 30.3 Å². The highest BCUT2D eigenvalue weighted by Crippen LogP contribution is 2.40. The fraction of sp³-hybridized carbons (Fsp3) is 0.333.